The van der Waals surface area contributed by atoms with Gasteiger partial charge in [0.15, 0.2) is 7.38 Å². The quantitative estimate of drug-likeness (QED) is 0.124. The van der Waals surface area contributed by atoms with E-state index in [4.69, 9.17) is 29.4 Å². The predicted molar refractivity (Wildman–Crippen MR) is 128 cm³/mol. The lowest BCUT2D eigenvalue weighted by Gasteiger charge is -2.25. The van der Waals surface area contributed by atoms with Crippen molar-refractivity contribution in [3.05, 3.63) is 24.3 Å². The molecule has 0 aliphatic carbocycles. The topological polar surface area (TPSA) is 36.9 Å². The summed E-state index contributed by atoms with van der Waals surface area (Å²) in [5, 5.41) is 0. The minimum atomic E-state index is -1.93. The minimum Gasteiger partial charge on any atom is -0.395 e. The van der Waals surface area contributed by atoms with Crippen LogP contribution in [0, 0.1) is 0 Å². The Morgan fingerprint density at radius 1 is 0.929 bits per heavy atom. The van der Waals surface area contributed by atoms with E-state index >= 15 is 0 Å². The predicted octanol–water partition coefficient (Wildman–Crippen LogP) is 6.46. The van der Waals surface area contributed by atoms with E-state index in [2.05, 4.69) is 39.7 Å². The summed E-state index contributed by atoms with van der Waals surface area (Å²) >= 11 is 6.27. The number of halogens is 1. The highest BCUT2D eigenvalue weighted by Gasteiger charge is 2.30. The fourth-order valence-electron chi connectivity index (χ4n) is 2.58. The third kappa shape index (κ3) is 18.1. The number of ether oxygens (including phenoxy) is 2. The van der Waals surface area contributed by atoms with E-state index in [1.165, 1.54) is 0 Å². The van der Waals surface area contributed by atoms with Gasteiger partial charge in [0.1, 0.15) is 0 Å². The van der Waals surface area contributed by atoms with Crippen LogP contribution in [0.2, 0.25) is 25.7 Å². The van der Waals surface area contributed by atoms with Gasteiger partial charge in [0.05, 0.1) is 18.9 Å². The highest BCUT2D eigenvalue weighted by molar-refractivity contribution is 7.19. The number of hydrogen-bond donors (Lipinski definition) is 0. The first kappa shape index (κ1) is 30.2. The first-order valence-corrected chi connectivity index (χ1v) is 17.0. The molecule has 1 atom stereocenters. The van der Waals surface area contributed by atoms with Gasteiger partial charge in [-0.05, 0) is 53.1 Å². The Labute approximate surface area is 181 Å². The third-order valence-corrected chi connectivity index (χ3v) is 9.73. The molecule has 4 nitrogen and oxygen atoms in total. The van der Waals surface area contributed by atoms with E-state index in [9.17, 15) is 0 Å². The molecule has 0 amide bonds. The Hall–Kier alpha value is 0.0438. The standard InChI is InChI=1S/C12H26O3Si.C9H19ClOSi/c1-6-14-16(5,15-7-2)10-8-9-13-11-12(3)4;1-6-9(12(4,5)10)11-7-8(2)3/h3,6-11H2,1-2,4-5H3;9H,2,6-7H2,1,3-5H3/t;9-/m.0/s1. The van der Waals surface area contributed by atoms with Crippen LogP contribution < -0.4 is 0 Å². The van der Waals surface area contributed by atoms with E-state index < -0.39 is 15.9 Å². The molecule has 0 aromatic heterocycles. The Morgan fingerprint density at radius 3 is 1.79 bits per heavy atom. The summed E-state index contributed by atoms with van der Waals surface area (Å²) in [6.07, 6.45) is 1.99. The van der Waals surface area contributed by atoms with Gasteiger partial charge in [-0.15, -0.1) is 0 Å². The fraction of sp³-hybridized carbons (Fsp3) is 0.810. The summed E-state index contributed by atoms with van der Waals surface area (Å²) in [6, 6.07) is 0.991. The van der Waals surface area contributed by atoms with Gasteiger partial charge in [0.25, 0.3) is 0 Å². The molecule has 0 saturated carbocycles. The van der Waals surface area contributed by atoms with Crippen LogP contribution in [0.15, 0.2) is 24.3 Å². The second-order valence-corrected chi connectivity index (χ2v) is 17.9. The highest BCUT2D eigenvalue weighted by Crippen LogP contribution is 2.19. The van der Waals surface area contributed by atoms with Crippen LogP contribution in [0.4, 0.5) is 0 Å². The smallest absolute Gasteiger partial charge is 0.334 e. The van der Waals surface area contributed by atoms with Crippen LogP contribution in [0.25, 0.3) is 0 Å². The van der Waals surface area contributed by atoms with Gasteiger partial charge in [-0.3, -0.25) is 0 Å². The highest BCUT2D eigenvalue weighted by atomic mass is 35.6. The summed E-state index contributed by atoms with van der Waals surface area (Å²) < 4.78 is 22.6. The molecule has 28 heavy (non-hydrogen) atoms. The van der Waals surface area contributed by atoms with Crippen molar-refractivity contribution in [2.45, 2.75) is 78.9 Å². The van der Waals surface area contributed by atoms with Crippen LogP contribution in [-0.4, -0.2) is 54.7 Å². The SMILES string of the molecule is C=C(C)COCCC[Si](C)(OCC)OCC.C=C(C)CO[C@H](CC)[Si](C)(C)Cl. The van der Waals surface area contributed by atoms with Gasteiger partial charge >= 0.3 is 8.56 Å². The summed E-state index contributed by atoms with van der Waals surface area (Å²) in [5.41, 5.74) is 2.37. The molecule has 7 heteroatoms. The zero-order valence-electron chi connectivity index (χ0n) is 19.7. The molecule has 0 aliphatic rings. The van der Waals surface area contributed by atoms with E-state index in [1.54, 1.807) is 0 Å². The fourth-order valence-corrected chi connectivity index (χ4v) is 7.06. The summed E-state index contributed by atoms with van der Waals surface area (Å²) in [5.74, 6) is 0. The first-order chi connectivity index (χ1) is 12.9. The minimum absolute atomic E-state index is 0.246. The van der Waals surface area contributed by atoms with Crippen LogP contribution >= 0.6 is 11.1 Å². The molecule has 0 heterocycles. The van der Waals surface area contributed by atoms with E-state index in [0.717, 1.165) is 49.9 Å². The Balaban J connectivity index is 0. The maximum Gasteiger partial charge on any atom is 0.334 e. The molecule has 0 fully saturated rings. The van der Waals surface area contributed by atoms with Gasteiger partial charge in [0, 0.05) is 19.8 Å². The Morgan fingerprint density at radius 2 is 1.43 bits per heavy atom. The van der Waals surface area contributed by atoms with Crippen molar-refractivity contribution in [1.29, 1.82) is 0 Å². The second-order valence-electron chi connectivity index (χ2n) is 7.84. The third-order valence-electron chi connectivity index (χ3n) is 3.83. The molecule has 0 bridgehead atoms. The zero-order valence-corrected chi connectivity index (χ0v) is 22.4. The summed E-state index contributed by atoms with van der Waals surface area (Å²) in [6.45, 7) is 27.5. The van der Waals surface area contributed by atoms with Gasteiger partial charge in [-0.25, -0.2) is 0 Å². The molecule has 0 aliphatic heterocycles. The zero-order chi connectivity index (χ0) is 22.2. The van der Waals surface area contributed by atoms with Crippen molar-refractivity contribution in [3.8, 4) is 0 Å². The Kier molecular flexibility index (Phi) is 18.1. The van der Waals surface area contributed by atoms with Crippen LogP contribution in [0.1, 0.15) is 47.5 Å². The van der Waals surface area contributed by atoms with E-state index in [1.807, 2.05) is 27.7 Å². The van der Waals surface area contributed by atoms with Crippen molar-refractivity contribution in [2.24, 2.45) is 0 Å². The van der Waals surface area contributed by atoms with Gasteiger partial charge < -0.3 is 18.3 Å². The molecule has 0 radical (unpaired) electrons. The maximum atomic E-state index is 6.27. The van der Waals surface area contributed by atoms with Gasteiger partial charge in [-0.2, -0.15) is 11.1 Å². The molecule has 0 aromatic carbocycles. The van der Waals surface area contributed by atoms with Crippen LogP contribution in [0.3, 0.4) is 0 Å². The van der Waals surface area contributed by atoms with Crippen molar-refractivity contribution >= 4 is 27.0 Å². The summed E-state index contributed by atoms with van der Waals surface area (Å²) in [4.78, 5) is 0. The molecule has 168 valence electrons. The van der Waals surface area contributed by atoms with Crippen molar-refractivity contribution < 1.29 is 18.3 Å². The summed E-state index contributed by atoms with van der Waals surface area (Å²) in [7, 11) is -3.57. The van der Waals surface area contributed by atoms with Gasteiger partial charge in [-0.1, -0.05) is 44.3 Å². The molecule has 0 N–H and O–H groups in total. The van der Waals surface area contributed by atoms with Crippen molar-refractivity contribution in [2.75, 3.05) is 33.0 Å². The maximum absolute atomic E-state index is 6.27. The molecule has 0 rings (SSSR count). The molecule has 0 aromatic rings. The lowest BCUT2D eigenvalue weighted by molar-refractivity contribution is 0.119. The molecule has 0 spiro atoms. The Bertz CT molecular complexity index is 419. The van der Waals surface area contributed by atoms with Crippen LogP contribution in [0.5, 0.6) is 0 Å². The molecular weight excluding hydrogens is 408 g/mol. The lowest BCUT2D eigenvalue weighted by atomic mass is 10.4. The number of hydrogen-bond acceptors (Lipinski definition) is 4. The monoisotopic (exact) mass is 452 g/mol. The van der Waals surface area contributed by atoms with Crippen molar-refractivity contribution in [3.63, 3.8) is 0 Å². The first-order valence-electron chi connectivity index (χ1n) is 10.4. The molecular formula is C21H45ClO4Si2. The largest absolute Gasteiger partial charge is 0.395 e. The normalized spacial score (nSPS) is 12.9. The number of rotatable bonds is 15. The van der Waals surface area contributed by atoms with Gasteiger partial charge in [0.2, 0.25) is 0 Å². The average molecular weight is 453 g/mol. The molecule has 0 unspecified atom stereocenters. The second kappa shape index (κ2) is 16.8. The average Bonchev–Trinajstić information content (AvgIpc) is 2.54. The van der Waals surface area contributed by atoms with E-state index in [0.29, 0.717) is 13.2 Å². The lowest BCUT2D eigenvalue weighted by Crippen LogP contribution is -2.38. The van der Waals surface area contributed by atoms with E-state index in [-0.39, 0.29) is 5.73 Å². The van der Waals surface area contributed by atoms with Crippen LogP contribution in [-0.2, 0) is 18.3 Å². The molecule has 0 saturated heterocycles. The van der Waals surface area contributed by atoms with Crippen molar-refractivity contribution in [1.82, 2.24) is 0 Å².